The van der Waals surface area contributed by atoms with Crippen molar-refractivity contribution in [2.24, 2.45) is 15.0 Å². The van der Waals surface area contributed by atoms with Gasteiger partial charge in [0, 0.05) is 33.8 Å². The van der Waals surface area contributed by atoms with Gasteiger partial charge in [-0.25, -0.2) is 15.0 Å². The van der Waals surface area contributed by atoms with Gasteiger partial charge in [0.25, 0.3) is 0 Å². The largest absolute Gasteiger partial charge is 0.373 e. The number of aromatic amines is 3. The van der Waals surface area contributed by atoms with Crippen LogP contribution in [0.4, 0.5) is 0 Å². The number of aliphatic imine (C=N–C) groups is 3. The van der Waals surface area contributed by atoms with Crippen LogP contribution in [0.3, 0.4) is 0 Å². The van der Waals surface area contributed by atoms with Gasteiger partial charge >= 0.3 is 0 Å². The lowest BCUT2D eigenvalue weighted by atomic mass is 9.84. The molecule has 0 amide bonds. The van der Waals surface area contributed by atoms with Gasteiger partial charge in [0.1, 0.15) is 0 Å². The van der Waals surface area contributed by atoms with Gasteiger partial charge in [0.2, 0.25) is 0 Å². The molecule has 12 bridgehead atoms. The SMILES string of the molecule is OC1(c2ccccc2)C2=N/C(=C(/c3ccccc3)c3ccc([nH]3)C(O)(c3ccccc3)C3=N/C(=C(\c4ccccc4)c4ccc([nH]4)C(O)(c4ccccc4)c4ccc([nH]4)/C(c4ccccc4)=C4/C=CC1=N4)C=C3)C=C2. The molecule has 3 atom stereocenters. The fraction of sp³-hybridized carbons (Fsp3) is 0.0455. The number of hydrogen-bond acceptors (Lipinski definition) is 6. The Balaban J connectivity index is 1.10. The smallest absolute Gasteiger partial charge is 0.174 e. The Kier molecular flexibility index (Phi) is 11.0. The van der Waals surface area contributed by atoms with E-state index < -0.39 is 16.8 Å². The van der Waals surface area contributed by atoms with E-state index in [-0.39, 0.29) is 0 Å². The average molecular weight is 973 g/mol. The van der Waals surface area contributed by atoms with Crippen molar-refractivity contribution in [3.63, 3.8) is 0 Å². The Labute approximate surface area is 433 Å². The standard InChI is InChI=1S/C66H48N6O3/c73-64(46-25-13-4-14-26-46)55-37-31-49(67-55)61(43-19-7-1-8-20-43)50-32-38-56(68-50)65(74,47-27-15-5-16-28-47)58-40-34-52(70-58)63(45-23-11-3-12-24-45)54-36-42-60(72-54)66(75,48-29-17-6-18-30-48)59-41-35-53(71-59)62(44-21-9-2-10-22-44)51-33-39-57(64)69-51/h1-42,67,69-70,73-75H/b61-50+,62-53-,63-54-. The monoisotopic (exact) mass is 972 g/mol. The first-order chi connectivity index (χ1) is 36.8. The predicted octanol–water partition coefficient (Wildman–Crippen LogP) is 12.1. The summed E-state index contributed by atoms with van der Waals surface area (Å²) in [6.45, 7) is 0. The minimum absolute atomic E-state index is 0.379. The number of fused-ring (bicyclic) bond motifs is 9. The van der Waals surface area contributed by atoms with E-state index in [0.29, 0.717) is 85.1 Å². The Morgan fingerprint density at radius 2 is 0.533 bits per heavy atom. The highest BCUT2D eigenvalue weighted by molar-refractivity contribution is 6.25. The highest BCUT2D eigenvalue weighted by Crippen LogP contribution is 2.44. The number of aliphatic hydroxyl groups is 3. The van der Waals surface area contributed by atoms with Gasteiger partial charge in [-0.05, 0) is 106 Å². The van der Waals surface area contributed by atoms with Gasteiger partial charge in [-0.2, -0.15) is 0 Å². The van der Waals surface area contributed by atoms with Gasteiger partial charge in [-0.15, -0.1) is 0 Å². The number of nitrogens with zero attached hydrogens (tertiary/aromatic N) is 3. The van der Waals surface area contributed by atoms with Crippen LogP contribution in [0.5, 0.6) is 0 Å². The van der Waals surface area contributed by atoms with Crippen molar-refractivity contribution in [3.05, 3.63) is 339 Å². The van der Waals surface area contributed by atoms with Crippen LogP contribution in [-0.4, -0.2) is 47.4 Å². The third kappa shape index (κ3) is 7.56. The fourth-order valence-electron chi connectivity index (χ4n) is 10.9. The molecule has 75 heavy (non-hydrogen) atoms. The predicted molar refractivity (Wildman–Crippen MR) is 298 cm³/mol. The molecule has 9 nitrogen and oxygen atoms in total. The minimum atomic E-state index is -1.81. The van der Waals surface area contributed by atoms with Crippen LogP contribution in [0.25, 0.3) is 16.7 Å². The first-order valence-electron chi connectivity index (χ1n) is 24.9. The van der Waals surface area contributed by atoms with E-state index >= 15 is 0 Å². The van der Waals surface area contributed by atoms with Gasteiger partial charge < -0.3 is 30.3 Å². The summed E-state index contributed by atoms with van der Waals surface area (Å²) in [6, 6.07) is 70.3. The van der Waals surface area contributed by atoms with E-state index in [2.05, 4.69) is 15.0 Å². The van der Waals surface area contributed by atoms with Crippen LogP contribution in [0.15, 0.2) is 287 Å². The van der Waals surface area contributed by atoms with Crippen molar-refractivity contribution >= 4 is 33.9 Å². The van der Waals surface area contributed by atoms with Crippen molar-refractivity contribution in [3.8, 4) is 0 Å². The summed E-state index contributed by atoms with van der Waals surface area (Å²) >= 11 is 0. The summed E-state index contributed by atoms with van der Waals surface area (Å²) in [4.78, 5) is 26.9. The second-order valence-electron chi connectivity index (χ2n) is 19.0. The molecule has 13 rings (SSSR count). The van der Waals surface area contributed by atoms with Crippen LogP contribution in [0, 0.1) is 0 Å². The molecule has 4 aliphatic heterocycles. The van der Waals surface area contributed by atoms with Gasteiger partial charge in [-0.3, -0.25) is 0 Å². The van der Waals surface area contributed by atoms with Crippen molar-refractivity contribution in [2.75, 3.05) is 0 Å². The summed E-state index contributed by atoms with van der Waals surface area (Å²) in [5.74, 6) is 0. The molecule has 0 spiro atoms. The summed E-state index contributed by atoms with van der Waals surface area (Å²) in [7, 11) is 0. The lowest BCUT2D eigenvalue weighted by molar-refractivity contribution is 0.117. The van der Waals surface area contributed by atoms with Crippen LogP contribution in [0.2, 0.25) is 0 Å². The summed E-state index contributed by atoms with van der Waals surface area (Å²) in [5.41, 5.74) is 8.15. The van der Waals surface area contributed by atoms with Crippen LogP contribution in [-0.2, 0) is 16.8 Å². The normalized spacial score (nSPS) is 24.0. The molecule has 9 heteroatoms. The van der Waals surface area contributed by atoms with Crippen molar-refractivity contribution in [1.82, 2.24) is 15.0 Å². The van der Waals surface area contributed by atoms with Gasteiger partial charge in [0.15, 0.2) is 16.8 Å². The maximum absolute atomic E-state index is 13.5. The molecule has 3 aromatic heterocycles. The highest BCUT2D eigenvalue weighted by atomic mass is 16.3. The van der Waals surface area contributed by atoms with Crippen molar-refractivity contribution in [2.45, 2.75) is 16.8 Å². The maximum atomic E-state index is 13.5. The maximum Gasteiger partial charge on any atom is 0.174 e. The van der Waals surface area contributed by atoms with E-state index in [0.717, 1.165) is 33.4 Å². The first-order valence-corrected chi connectivity index (χ1v) is 24.9. The zero-order chi connectivity index (χ0) is 50.6. The highest BCUT2D eigenvalue weighted by Gasteiger charge is 2.44. The Hall–Kier alpha value is -9.51. The molecular weight excluding hydrogens is 925 g/mol. The quantitative estimate of drug-likeness (QED) is 0.0987. The Morgan fingerprint density at radius 3 is 0.867 bits per heavy atom. The van der Waals surface area contributed by atoms with Crippen molar-refractivity contribution in [1.29, 1.82) is 0 Å². The van der Waals surface area contributed by atoms with E-state index in [1.807, 2.05) is 255 Å². The molecule has 6 N–H and O–H groups in total. The Bertz CT molecular complexity index is 3950. The summed E-state index contributed by atoms with van der Waals surface area (Å²) in [5, 5.41) is 40.5. The zero-order valence-electron chi connectivity index (χ0n) is 40.4. The van der Waals surface area contributed by atoms with Gasteiger partial charge in [-0.1, -0.05) is 182 Å². The number of benzene rings is 6. The van der Waals surface area contributed by atoms with Crippen LogP contribution >= 0.6 is 0 Å². The second kappa shape index (κ2) is 18.2. The van der Waals surface area contributed by atoms with E-state index in [9.17, 15) is 15.3 Å². The summed E-state index contributed by atoms with van der Waals surface area (Å²) in [6.07, 6.45) is 11.4. The van der Waals surface area contributed by atoms with E-state index in [1.54, 1.807) is 0 Å². The molecule has 9 aromatic rings. The van der Waals surface area contributed by atoms with Crippen molar-refractivity contribution < 1.29 is 15.3 Å². The lowest BCUT2D eigenvalue weighted by Gasteiger charge is -2.28. The topological polar surface area (TPSA) is 145 Å². The molecule has 0 saturated carbocycles. The molecular formula is C66H48N6O3. The number of rotatable bonds is 6. The molecule has 360 valence electrons. The Morgan fingerprint density at radius 1 is 0.267 bits per heavy atom. The molecule has 7 heterocycles. The van der Waals surface area contributed by atoms with Gasteiger partial charge in [0.05, 0.1) is 51.3 Å². The number of hydrogen-bond donors (Lipinski definition) is 6. The molecule has 0 fully saturated rings. The number of nitrogens with one attached hydrogen (secondary N) is 3. The lowest BCUT2D eigenvalue weighted by Crippen LogP contribution is -2.41. The van der Waals surface area contributed by atoms with E-state index in [4.69, 9.17) is 15.0 Å². The third-order valence-corrected chi connectivity index (χ3v) is 14.6. The molecule has 0 radical (unpaired) electrons. The average Bonchev–Trinajstić information content (AvgIpc) is 4.35. The molecule has 4 aliphatic rings. The number of H-pyrrole nitrogens is 3. The zero-order valence-corrected chi connectivity index (χ0v) is 40.4. The van der Waals surface area contributed by atoms with E-state index in [1.165, 1.54) is 0 Å². The second-order valence-corrected chi connectivity index (χ2v) is 19.0. The minimum Gasteiger partial charge on any atom is -0.373 e. The molecule has 0 saturated heterocycles. The summed E-state index contributed by atoms with van der Waals surface area (Å²) < 4.78 is 0. The third-order valence-electron chi connectivity index (χ3n) is 14.6. The first kappa shape index (κ1) is 45.4. The molecule has 3 unspecified atom stereocenters. The molecule has 0 aliphatic carbocycles. The van der Waals surface area contributed by atoms with Crippen LogP contribution in [0.1, 0.15) is 67.5 Å². The fourth-order valence-corrected chi connectivity index (χ4v) is 10.9. The number of allylic oxidation sites excluding steroid dienone is 3. The van der Waals surface area contributed by atoms with Crippen LogP contribution < -0.4 is 0 Å². The molecule has 6 aromatic carbocycles. The number of aromatic nitrogens is 3.